The molecule has 6 rings (SSSR count). The summed E-state index contributed by atoms with van der Waals surface area (Å²) in [5.74, 6) is 3.60. The van der Waals surface area contributed by atoms with E-state index >= 15 is 0 Å². The first-order valence-electron chi connectivity index (χ1n) is 12.3. The van der Waals surface area contributed by atoms with E-state index in [0.29, 0.717) is 35.2 Å². The summed E-state index contributed by atoms with van der Waals surface area (Å²) in [6.45, 7) is 2.25. The van der Waals surface area contributed by atoms with Gasteiger partial charge in [0, 0.05) is 30.1 Å². The number of aromatic nitrogens is 3. The summed E-state index contributed by atoms with van der Waals surface area (Å²) >= 11 is 0. The Kier molecular flexibility index (Phi) is 5.12. The maximum atomic E-state index is 14.0. The Labute approximate surface area is 198 Å². The summed E-state index contributed by atoms with van der Waals surface area (Å²) in [5.41, 5.74) is 4.61. The second kappa shape index (κ2) is 8.19. The largest absolute Gasteiger partial charge is 0.355 e. The van der Waals surface area contributed by atoms with Crippen LogP contribution < -0.4 is 5.32 Å². The molecule has 4 unspecified atom stereocenters. The minimum atomic E-state index is -0.190. The van der Waals surface area contributed by atoms with E-state index in [0.717, 1.165) is 34.2 Å². The zero-order valence-electron chi connectivity index (χ0n) is 19.5. The quantitative estimate of drug-likeness (QED) is 0.391. The summed E-state index contributed by atoms with van der Waals surface area (Å²) < 4.78 is 14.0. The molecule has 2 aliphatic carbocycles. The van der Waals surface area contributed by atoms with Gasteiger partial charge >= 0.3 is 0 Å². The first-order valence-corrected chi connectivity index (χ1v) is 12.3. The van der Waals surface area contributed by atoms with E-state index in [2.05, 4.69) is 28.3 Å². The molecule has 4 aromatic rings. The number of pyridine rings is 1. The van der Waals surface area contributed by atoms with E-state index in [4.69, 9.17) is 4.98 Å². The number of carbonyl (C=O) groups is 1. The molecule has 2 N–H and O–H groups in total. The summed E-state index contributed by atoms with van der Waals surface area (Å²) in [5, 5.41) is 3.65. The lowest BCUT2D eigenvalue weighted by atomic mass is 9.75. The number of benzene rings is 2. The van der Waals surface area contributed by atoms with Crippen LogP contribution in [0.1, 0.15) is 66.2 Å². The van der Waals surface area contributed by atoms with Crippen molar-refractivity contribution in [1.29, 1.82) is 0 Å². The molecule has 5 nitrogen and oxygen atoms in total. The molecule has 2 heterocycles. The van der Waals surface area contributed by atoms with Crippen molar-refractivity contribution in [2.24, 2.45) is 17.8 Å². The SMILES string of the molecule is CNC(=O)c1ccc2nc([C@H](C)CC3CC4CC3CC4c3ccnc4ccc(F)cc34)[nH]c2c1. The molecule has 2 fully saturated rings. The number of rotatable bonds is 5. The lowest BCUT2D eigenvalue weighted by molar-refractivity contribution is 0.0963. The molecule has 174 valence electrons. The van der Waals surface area contributed by atoms with Gasteiger partial charge < -0.3 is 10.3 Å². The zero-order valence-corrected chi connectivity index (χ0v) is 19.5. The zero-order chi connectivity index (χ0) is 23.4. The second-order valence-electron chi connectivity index (χ2n) is 10.2. The first kappa shape index (κ1) is 21.3. The van der Waals surface area contributed by atoms with E-state index in [1.807, 2.05) is 24.4 Å². The Bertz CT molecular complexity index is 1400. The Morgan fingerprint density at radius 1 is 1.12 bits per heavy atom. The van der Waals surface area contributed by atoms with Crippen LogP contribution in [0.4, 0.5) is 4.39 Å². The second-order valence-corrected chi connectivity index (χ2v) is 10.2. The fourth-order valence-corrected chi connectivity index (χ4v) is 6.64. The van der Waals surface area contributed by atoms with Gasteiger partial charge in [-0.1, -0.05) is 6.92 Å². The number of H-pyrrole nitrogens is 1. The van der Waals surface area contributed by atoms with Crippen LogP contribution >= 0.6 is 0 Å². The lowest BCUT2D eigenvalue weighted by Gasteiger charge is -2.30. The van der Waals surface area contributed by atoms with Gasteiger partial charge in [-0.3, -0.25) is 9.78 Å². The maximum Gasteiger partial charge on any atom is 0.251 e. The molecule has 2 bridgehead atoms. The van der Waals surface area contributed by atoms with Gasteiger partial charge in [0.1, 0.15) is 11.6 Å². The van der Waals surface area contributed by atoms with Gasteiger partial charge in [-0.05, 0) is 97.4 Å². The molecule has 6 heteroatoms. The highest BCUT2D eigenvalue weighted by Crippen LogP contribution is 2.58. The summed E-state index contributed by atoms with van der Waals surface area (Å²) in [4.78, 5) is 24.7. The summed E-state index contributed by atoms with van der Waals surface area (Å²) in [6, 6.07) is 12.7. The number of amides is 1. The predicted octanol–water partition coefficient (Wildman–Crippen LogP) is 5.93. The van der Waals surface area contributed by atoms with Crippen molar-refractivity contribution in [1.82, 2.24) is 20.3 Å². The lowest BCUT2D eigenvalue weighted by Crippen LogP contribution is -2.19. The fraction of sp³-hybridized carbons (Fsp3) is 0.393. The molecule has 0 saturated heterocycles. The van der Waals surface area contributed by atoms with E-state index in [1.54, 1.807) is 19.2 Å². The van der Waals surface area contributed by atoms with E-state index in [9.17, 15) is 9.18 Å². The van der Waals surface area contributed by atoms with Crippen molar-refractivity contribution in [3.63, 3.8) is 0 Å². The molecule has 2 aromatic carbocycles. The molecule has 2 aliphatic rings. The first-order chi connectivity index (χ1) is 16.5. The number of aromatic amines is 1. The van der Waals surface area contributed by atoms with Crippen LogP contribution in [0.5, 0.6) is 0 Å². The van der Waals surface area contributed by atoms with Crippen LogP contribution in [0, 0.1) is 23.6 Å². The molecule has 2 saturated carbocycles. The molecule has 0 aliphatic heterocycles. The van der Waals surface area contributed by atoms with Crippen molar-refractivity contribution in [2.75, 3.05) is 7.05 Å². The van der Waals surface area contributed by atoms with Crippen molar-refractivity contribution >= 4 is 27.8 Å². The molecular weight excluding hydrogens is 427 g/mol. The predicted molar refractivity (Wildman–Crippen MR) is 131 cm³/mol. The van der Waals surface area contributed by atoms with Crippen molar-refractivity contribution in [2.45, 2.75) is 44.4 Å². The highest BCUT2D eigenvalue weighted by atomic mass is 19.1. The topological polar surface area (TPSA) is 70.7 Å². The normalized spacial score (nSPS) is 24.7. The minimum Gasteiger partial charge on any atom is -0.355 e. The van der Waals surface area contributed by atoms with Crippen LogP contribution in [0.15, 0.2) is 48.7 Å². The van der Waals surface area contributed by atoms with Crippen molar-refractivity contribution in [3.05, 3.63) is 71.4 Å². The van der Waals surface area contributed by atoms with Crippen LogP contribution in [-0.2, 0) is 0 Å². The molecule has 0 radical (unpaired) electrons. The van der Waals surface area contributed by atoms with Crippen LogP contribution in [0.3, 0.4) is 0 Å². The smallest absolute Gasteiger partial charge is 0.251 e. The summed E-state index contributed by atoms with van der Waals surface area (Å²) in [6.07, 6.45) is 6.64. The average molecular weight is 457 g/mol. The third-order valence-electron chi connectivity index (χ3n) is 8.25. The number of carbonyl (C=O) groups excluding carboxylic acids is 1. The number of fused-ring (bicyclic) bond motifs is 4. The Hall–Kier alpha value is -3.28. The monoisotopic (exact) mass is 456 g/mol. The number of imidazole rings is 1. The van der Waals surface area contributed by atoms with E-state index < -0.39 is 0 Å². The van der Waals surface area contributed by atoms with E-state index in [-0.39, 0.29) is 11.7 Å². The molecule has 1 amide bonds. The van der Waals surface area contributed by atoms with Gasteiger partial charge in [0.25, 0.3) is 5.91 Å². The molecular formula is C28H29FN4O. The molecule has 2 aromatic heterocycles. The molecule has 34 heavy (non-hydrogen) atoms. The maximum absolute atomic E-state index is 14.0. The van der Waals surface area contributed by atoms with Crippen LogP contribution in [-0.4, -0.2) is 27.9 Å². The third-order valence-corrected chi connectivity index (χ3v) is 8.25. The molecule has 5 atom stereocenters. The number of nitrogens with one attached hydrogen (secondary N) is 2. The van der Waals surface area contributed by atoms with Gasteiger partial charge in [-0.15, -0.1) is 0 Å². The van der Waals surface area contributed by atoms with Gasteiger partial charge in [0.2, 0.25) is 0 Å². The van der Waals surface area contributed by atoms with Gasteiger partial charge in [0.15, 0.2) is 0 Å². The van der Waals surface area contributed by atoms with E-state index in [1.165, 1.54) is 30.9 Å². The number of nitrogens with zero attached hydrogens (tertiary/aromatic N) is 2. The van der Waals surface area contributed by atoms with Crippen LogP contribution in [0.2, 0.25) is 0 Å². The fourth-order valence-electron chi connectivity index (χ4n) is 6.64. The Morgan fingerprint density at radius 2 is 1.97 bits per heavy atom. The van der Waals surface area contributed by atoms with Gasteiger partial charge in [-0.25, -0.2) is 9.37 Å². The summed E-state index contributed by atoms with van der Waals surface area (Å²) in [7, 11) is 1.64. The van der Waals surface area contributed by atoms with Crippen LogP contribution in [0.25, 0.3) is 21.9 Å². The highest BCUT2D eigenvalue weighted by molar-refractivity contribution is 5.97. The number of halogens is 1. The van der Waals surface area contributed by atoms with Gasteiger partial charge in [-0.2, -0.15) is 0 Å². The number of hydrogen-bond acceptors (Lipinski definition) is 3. The van der Waals surface area contributed by atoms with Crippen molar-refractivity contribution in [3.8, 4) is 0 Å². The standard InChI is InChI=1S/C28H29FN4O/c1-15(27-32-25-5-3-16(28(34)30-2)13-26(25)33-27)9-17-10-19-11-18(17)12-22(19)21-7-8-31-24-6-4-20(29)14-23(21)24/h3-8,13-15,17-19,22H,9-12H2,1-2H3,(H,30,34)(H,32,33)/t15-,17?,18?,19?,22?/m1/s1. The highest BCUT2D eigenvalue weighted by Gasteiger charge is 2.46. The Balaban J connectivity index is 1.17. The molecule has 0 spiro atoms. The van der Waals surface area contributed by atoms with Gasteiger partial charge in [0.05, 0.1) is 16.6 Å². The van der Waals surface area contributed by atoms with Crippen molar-refractivity contribution < 1.29 is 9.18 Å². The average Bonchev–Trinajstić information content (AvgIpc) is 3.56. The minimum absolute atomic E-state index is 0.0904. The number of hydrogen-bond donors (Lipinski definition) is 2. The Morgan fingerprint density at radius 3 is 2.76 bits per heavy atom. The third kappa shape index (κ3) is 3.56.